The van der Waals surface area contributed by atoms with Crippen molar-refractivity contribution in [1.82, 2.24) is 29.8 Å². The molecule has 0 aliphatic carbocycles. The smallest absolute Gasteiger partial charge is 0.240 e. The number of aryl methyl sites for hydroxylation is 3. The van der Waals surface area contributed by atoms with E-state index in [4.69, 9.17) is 87.3 Å². The Hall–Kier alpha value is -9.53. The van der Waals surface area contributed by atoms with Crippen LogP contribution in [0.15, 0.2) is 97.1 Å². The van der Waals surface area contributed by atoms with E-state index < -0.39 is 0 Å². The van der Waals surface area contributed by atoms with Gasteiger partial charge in [-0.2, -0.15) is 0 Å². The second-order valence-corrected chi connectivity index (χ2v) is 43.2. The van der Waals surface area contributed by atoms with E-state index in [2.05, 4.69) is 172 Å². The summed E-state index contributed by atoms with van der Waals surface area (Å²) < 4.78 is 84.9. The van der Waals surface area contributed by atoms with Gasteiger partial charge in [-0.1, -0.05) is 128 Å². The molecule has 4 aliphatic rings. The van der Waals surface area contributed by atoms with E-state index in [9.17, 15) is 24.0 Å². The first kappa shape index (κ1) is 123. The fourth-order valence-corrected chi connectivity index (χ4v) is 18.3. The molecule has 0 aromatic heterocycles. The van der Waals surface area contributed by atoms with Crippen molar-refractivity contribution < 1.29 is 99.8 Å². The van der Waals surface area contributed by atoms with Gasteiger partial charge >= 0.3 is 0 Å². The minimum absolute atomic E-state index is 0.0297. The summed E-state index contributed by atoms with van der Waals surface area (Å²) in [4.78, 5) is 74.9. The minimum Gasteiger partial charge on any atom is -0.493 e. The average Bonchev–Trinajstić information content (AvgIpc) is 0.755. The summed E-state index contributed by atoms with van der Waals surface area (Å²) in [7, 11) is 32.2. The number of hydrogen-bond donors (Lipinski definition) is 3. The number of carbonyl (C=O) groups is 5. The Labute approximate surface area is 851 Å². The molecule has 7 atom stereocenters. The van der Waals surface area contributed by atoms with E-state index in [-0.39, 0.29) is 111 Å². The number of ether oxygens (including phenoxy) is 16. The van der Waals surface area contributed by atoms with E-state index in [1.54, 1.807) is 114 Å². The van der Waals surface area contributed by atoms with Crippen LogP contribution < -0.4 is 73.6 Å². The van der Waals surface area contributed by atoms with Gasteiger partial charge in [0, 0.05) is 87.0 Å². The minimum atomic E-state index is -0.359. The number of hydrogen-bond acceptors (Lipinski definition) is 27. The van der Waals surface area contributed by atoms with Gasteiger partial charge < -0.3 is 102 Å². The lowest BCUT2D eigenvalue weighted by Crippen LogP contribution is -2.59. The van der Waals surface area contributed by atoms with Gasteiger partial charge in [0.1, 0.15) is 17.3 Å². The summed E-state index contributed by atoms with van der Waals surface area (Å²) in [5, 5.41) is 3.32. The molecule has 29 nitrogen and oxygen atoms in total. The van der Waals surface area contributed by atoms with E-state index >= 15 is 0 Å². The predicted molar refractivity (Wildman–Crippen MR) is 565 cm³/mol. The zero-order chi connectivity index (χ0) is 106. The number of carbonyl (C=O) groups excluding carboxylic acids is 5. The van der Waals surface area contributed by atoms with Crippen LogP contribution in [0, 0.1) is 27.1 Å². The molecule has 142 heavy (non-hydrogen) atoms. The van der Waals surface area contributed by atoms with Crippen molar-refractivity contribution in [2.75, 3.05) is 181 Å². The van der Waals surface area contributed by atoms with E-state index in [0.717, 1.165) is 179 Å². The van der Waals surface area contributed by atoms with Crippen LogP contribution >= 0.6 is 0 Å². The zero-order valence-electron chi connectivity index (χ0n) is 92.9. The SMILES string of the molecule is COc1cc2c(cc1OC)C1CN(C)[C@H](CC(C)(C)C)C(=O)N1CC2.COc1cc2c(cc1OC)[C@H]1CN(C)[C@H](CC(C)(C)C)C(=O)N1CC2.COc1ccc(CCCC(=O)[C@@H](CC(C)(C)C)N(C)CC(OC)OC)cc1OC.COc1ccc(CCCC(=O)[C@@H](CC(C)(C)C)NCC(OC)OC)cc1OC.COc1ccc(CCCC(=O)[C@H](N)CC(C)(C)C)cc1OC.COc1ccc(CCN)cc1OC. The van der Waals surface area contributed by atoms with Crippen LogP contribution in [0.25, 0.3) is 0 Å². The van der Waals surface area contributed by atoms with Gasteiger partial charge in [-0.3, -0.25) is 38.7 Å². The molecule has 4 aliphatic heterocycles. The molecule has 0 spiro atoms. The van der Waals surface area contributed by atoms with Gasteiger partial charge in [-0.25, -0.2) is 0 Å². The molecular formula is C113H180N8O21. The van der Waals surface area contributed by atoms with Crippen LogP contribution in [-0.4, -0.2) is 277 Å². The first-order valence-electron chi connectivity index (χ1n) is 49.9. The van der Waals surface area contributed by atoms with Crippen LogP contribution in [0.3, 0.4) is 0 Å². The summed E-state index contributed by atoms with van der Waals surface area (Å²) in [6, 6.07) is 31.1. The molecule has 10 rings (SSSR count). The highest BCUT2D eigenvalue weighted by Crippen LogP contribution is 2.45. The van der Waals surface area contributed by atoms with Crippen molar-refractivity contribution in [3.63, 3.8) is 0 Å². The van der Waals surface area contributed by atoms with E-state index in [0.29, 0.717) is 61.9 Å². The molecular weight excluding hydrogens is 1810 g/mol. The number of likely N-dealkylation sites (N-methyl/N-ethyl adjacent to an activating group) is 3. The second kappa shape index (κ2) is 59.2. The van der Waals surface area contributed by atoms with Crippen molar-refractivity contribution in [2.24, 2.45) is 38.5 Å². The molecule has 2 amide bonds. The highest BCUT2D eigenvalue weighted by atomic mass is 16.7. The second-order valence-electron chi connectivity index (χ2n) is 43.2. The number of piperazine rings is 2. The topological polar surface area (TPSA) is 313 Å². The van der Waals surface area contributed by atoms with Crippen molar-refractivity contribution in [2.45, 2.75) is 268 Å². The number of benzene rings is 6. The highest BCUT2D eigenvalue weighted by Gasteiger charge is 2.46. The van der Waals surface area contributed by atoms with Crippen LogP contribution in [0.5, 0.6) is 69.0 Å². The number of Topliss-reactive ketones (excluding diaryl/α,β-unsaturated/α-hetero) is 3. The number of amides is 2. The maximum atomic E-state index is 13.2. The fourth-order valence-electron chi connectivity index (χ4n) is 18.3. The molecule has 0 saturated carbocycles. The predicted octanol–water partition coefficient (Wildman–Crippen LogP) is 17.9. The van der Waals surface area contributed by atoms with E-state index in [1.165, 1.54) is 27.8 Å². The third kappa shape index (κ3) is 39.4. The Morgan fingerprint density at radius 3 is 0.993 bits per heavy atom. The Bertz CT molecular complexity index is 4720. The number of rotatable bonds is 44. The first-order chi connectivity index (χ1) is 66.9. The summed E-state index contributed by atoms with van der Waals surface area (Å²) in [5.74, 6) is 9.93. The lowest BCUT2D eigenvalue weighted by atomic mass is 9.83. The molecule has 2 saturated heterocycles. The van der Waals surface area contributed by atoms with Crippen molar-refractivity contribution in [3.05, 3.63) is 142 Å². The normalized spacial score (nSPS) is 16.5. The molecule has 6 aromatic carbocycles. The Morgan fingerprint density at radius 2 is 0.690 bits per heavy atom. The van der Waals surface area contributed by atoms with Gasteiger partial charge in [0.05, 0.1) is 128 Å². The molecule has 4 heterocycles. The Morgan fingerprint density at radius 1 is 0.387 bits per heavy atom. The number of nitrogens with zero attached hydrogens (tertiary/aromatic N) is 5. The van der Waals surface area contributed by atoms with Gasteiger partial charge in [-0.05, 0) is 262 Å². The largest absolute Gasteiger partial charge is 0.493 e. The standard InChI is InChI=1S/C23H39NO5.C22H37NO5.2C20H30N2O3.C18H29NO3.C10H15NO2/c1-23(2,3)15-18(24(4)16-22(28-7)29-8)19(25)11-9-10-17-12-13-20(26-5)21(14-17)27-6;1-22(2,3)14-17(23-15-21(27-6)28-7)18(24)10-8-9-16-11-12-19(25-4)20(13-16)26-5;2*1-20(2,3)11-15-19(23)22-8-7-13-9-17(24-5)18(25-6)10-14(13)16(22)12-21(15)4;1-18(2,3)12-14(19)15(20)8-6-7-13-9-10-16(21-4)17(11-13)22-5;1-12-9-4-3-8(5-6-11)7-10(9)13-2/h12-14,18,22H,9-11,15-16H2,1-8H3;11-13,17,21,23H,8-10,14-15H2,1-7H3;2*9-10,15-16H,7-8,11-12H2,1-6H3;9-11,14H,6-8,12,19H2,1-5H3;3-4,7H,5-6,11H2,1-2H3/t18-;17-;15-,16?;15-,16-;14-;/m11111./s1. The van der Waals surface area contributed by atoms with Gasteiger partial charge in [0.25, 0.3) is 0 Å². The number of nitrogens with two attached hydrogens (primary N) is 2. The van der Waals surface area contributed by atoms with Crippen LogP contribution in [0.1, 0.15) is 231 Å². The Balaban J connectivity index is 0.000000304. The number of methoxy groups -OCH3 is 16. The molecule has 6 aromatic rings. The van der Waals surface area contributed by atoms with Gasteiger partial charge in [0.2, 0.25) is 11.8 Å². The third-order valence-corrected chi connectivity index (χ3v) is 25.8. The molecule has 29 heteroatoms. The van der Waals surface area contributed by atoms with E-state index in [1.807, 2.05) is 79.8 Å². The molecule has 2 fully saturated rings. The Kier molecular flexibility index (Phi) is 51.2. The summed E-state index contributed by atoms with van der Waals surface area (Å²) in [5.41, 5.74) is 21.3. The van der Waals surface area contributed by atoms with Gasteiger partial charge in [0.15, 0.2) is 81.6 Å². The molecule has 5 N–H and O–H groups in total. The number of ketones is 3. The lowest BCUT2D eigenvalue weighted by Gasteiger charge is -2.48. The monoisotopic (exact) mass is 1990 g/mol. The van der Waals surface area contributed by atoms with Crippen LogP contribution in [0.2, 0.25) is 0 Å². The summed E-state index contributed by atoms with van der Waals surface area (Å²) in [6.07, 6.45) is 12.3. The highest BCUT2D eigenvalue weighted by molar-refractivity contribution is 5.86. The number of nitrogens with one attached hydrogen (secondary N) is 1. The molecule has 798 valence electrons. The summed E-state index contributed by atoms with van der Waals surface area (Å²) >= 11 is 0. The number of fused-ring (bicyclic) bond motifs is 6. The lowest BCUT2D eigenvalue weighted by molar-refractivity contribution is -0.148. The van der Waals surface area contributed by atoms with Crippen LogP contribution in [-0.2, 0) is 81.4 Å². The average molecular weight is 1990 g/mol. The van der Waals surface area contributed by atoms with Crippen molar-refractivity contribution >= 4 is 29.2 Å². The maximum Gasteiger partial charge on any atom is 0.240 e. The fraction of sp³-hybridized carbons (Fsp3) is 0.637. The molecule has 1 unspecified atom stereocenters. The van der Waals surface area contributed by atoms with Gasteiger partial charge in [-0.15, -0.1) is 0 Å². The maximum absolute atomic E-state index is 13.2. The quantitative estimate of drug-likeness (QED) is 0.0299. The van der Waals surface area contributed by atoms with Crippen molar-refractivity contribution in [3.8, 4) is 69.0 Å². The van der Waals surface area contributed by atoms with Crippen molar-refractivity contribution in [1.29, 1.82) is 0 Å². The third-order valence-electron chi connectivity index (χ3n) is 25.8. The molecule has 0 radical (unpaired) electrons. The summed E-state index contributed by atoms with van der Waals surface area (Å²) in [6.45, 7) is 37.3. The molecule has 0 bridgehead atoms. The first-order valence-corrected chi connectivity index (χ1v) is 49.9. The zero-order valence-corrected chi connectivity index (χ0v) is 92.9. The van der Waals surface area contributed by atoms with Crippen LogP contribution in [0.4, 0.5) is 0 Å².